The maximum absolute atomic E-state index is 13.9. The highest BCUT2D eigenvalue weighted by atomic mass is 35.5. The number of nitrogens with one attached hydrogen (secondary N) is 2. The fourth-order valence-corrected chi connectivity index (χ4v) is 7.13. The smallest absolute Gasteiger partial charge is 0.269 e. The van der Waals surface area contributed by atoms with E-state index in [0.29, 0.717) is 17.0 Å². The molecule has 3 aromatic carbocycles. The van der Waals surface area contributed by atoms with Crippen LogP contribution in [-0.2, 0) is 15.6 Å². The molecular weight excluding hydrogens is 643 g/mol. The first-order valence-corrected chi connectivity index (χ1v) is 17.0. The van der Waals surface area contributed by atoms with Gasteiger partial charge in [-0.05, 0) is 66.0 Å². The van der Waals surface area contributed by atoms with Crippen LogP contribution in [0.3, 0.4) is 0 Å². The Kier molecular flexibility index (Phi) is 9.76. The van der Waals surface area contributed by atoms with Gasteiger partial charge in [-0.3, -0.25) is 9.59 Å². The van der Waals surface area contributed by atoms with Gasteiger partial charge in [-0.1, -0.05) is 114 Å². The summed E-state index contributed by atoms with van der Waals surface area (Å²) < 4.78 is 6.91. The van der Waals surface area contributed by atoms with Crippen molar-refractivity contribution >= 4 is 52.3 Å². The summed E-state index contributed by atoms with van der Waals surface area (Å²) in [5.41, 5.74) is 8.58. The summed E-state index contributed by atoms with van der Waals surface area (Å²) in [4.78, 5) is 27.7. The number of benzene rings is 3. The molecular formula is C36H43Cl3N4O3. The average Bonchev–Trinajstić information content (AvgIpc) is 3.38. The fourth-order valence-electron chi connectivity index (χ4n) is 6.14. The van der Waals surface area contributed by atoms with Gasteiger partial charge in [-0.25, -0.2) is 15.4 Å². The molecule has 0 bridgehead atoms. The van der Waals surface area contributed by atoms with Crippen molar-refractivity contribution in [3.63, 3.8) is 0 Å². The number of anilines is 1. The molecule has 2 aliphatic rings. The average molecular weight is 686 g/mol. The second-order valence-corrected chi connectivity index (χ2v) is 14.8. The summed E-state index contributed by atoms with van der Waals surface area (Å²) in [5.74, 6) is 0.225. The lowest BCUT2D eigenvalue weighted by molar-refractivity contribution is -0.136. The largest absolute Gasteiger partial charge is 0.488 e. The Bertz CT molecular complexity index is 1610. The van der Waals surface area contributed by atoms with Gasteiger partial charge >= 0.3 is 0 Å². The summed E-state index contributed by atoms with van der Waals surface area (Å²) >= 11 is 19.3. The van der Waals surface area contributed by atoms with E-state index in [2.05, 4.69) is 70.6 Å². The number of halogens is 3. The monoisotopic (exact) mass is 684 g/mol. The van der Waals surface area contributed by atoms with Crippen LogP contribution in [0.1, 0.15) is 95.6 Å². The third kappa shape index (κ3) is 6.13. The molecule has 0 radical (unpaired) electrons. The number of hydrogen-bond donors (Lipinski definition) is 2. The lowest BCUT2D eigenvalue weighted by atomic mass is 9.76. The molecule has 246 valence electrons. The molecule has 2 saturated heterocycles. The predicted octanol–water partition coefficient (Wildman–Crippen LogP) is 8.85. The Labute approximate surface area is 287 Å². The lowest BCUT2D eigenvalue weighted by Crippen LogP contribution is -2.87. The summed E-state index contributed by atoms with van der Waals surface area (Å²) in [7, 11) is 0. The zero-order valence-electron chi connectivity index (χ0n) is 27.5. The number of amides is 2. The number of rotatable bonds is 10. The van der Waals surface area contributed by atoms with Gasteiger partial charge in [0, 0.05) is 16.1 Å². The maximum Gasteiger partial charge on any atom is 0.269 e. The molecule has 5 rings (SSSR count). The Morgan fingerprint density at radius 2 is 1.59 bits per heavy atom. The van der Waals surface area contributed by atoms with Gasteiger partial charge < -0.3 is 4.74 Å². The third-order valence-corrected chi connectivity index (χ3v) is 10.7. The molecule has 46 heavy (non-hydrogen) atoms. The lowest BCUT2D eigenvalue weighted by Gasteiger charge is -2.58. The molecule has 0 aromatic heterocycles. The Morgan fingerprint density at radius 3 is 2.17 bits per heavy atom. The van der Waals surface area contributed by atoms with Crippen molar-refractivity contribution in [1.29, 1.82) is 0 Å². The van der Waals surface area contributed by atoms with Crippen LogP contribution in [0.4, 0.5) is 5.69 Å². The van der Waals surface area contributed by atoms with Crippen LogP contribution in [0, 0.1) is 0 Å². The summed E-state index contributed by atoms with van der Waals surface area (Å²) in [6.07, 6.45) is 2.10. The number of ether oxygens (including phenoxy) is 1. The molecule has 0 aliphatic carbocycles. The number of nitrogens with zero attached hydrogens (tertiary/aromatic N) is 2. The molecule has 3 aromatic rings. The van der Waals surface area contributed by atoms with Gasteiger partial charge in [-0.15, -0.1) is 0 Å². The minimum Gasteiger partial charge on any atom is -0.488 e. The second kappa shape index (κ2) is 13.0. The molecule has 2 aliphatic heterocycles. The highest BCUT2D eigenvalue weighted by Gasteiger charge is 2.65. The van der Waals surface area contributed by atoms with Crippen molar-refractivity contribution < 1.29 is 14.3 Å². The first kappa shape index (κ1) is 34.5. The first-order chi connectivity index (χ1) is 21.7. The normalized spacial score (nSPS) is 20.7. The summed E-state index contributed by atoms with van der Waals surface area (Å²) in [6.45, 7) is 15.4. The number of hydrazine groups is 2. The third-order valence-electron chi connectivity index (χ3n) is 9.90. The van der Waals surface area contributed by atoms with E-state index in [1.807, 2.05) is 25.1 Å². The molecule has 2 amide bonds. The van der Waals surface area contributed by atoms with Gasteiger partial charge in [0.05, 0.1) is 22.2 Å². The topological polar surface area (TPSA) is 73.9 Å². The molecule has 3 unspecified atom stereocenters. The van der Waals surface area contributed by atoms with Crippen LogP contribution in [0.2, 0.25) is 15.1 Å². The molecule has 0 saturated carbocycles. The number of hydrogen-bond acceptors (Lipinski definition) is 5. The molecule has 2 N–H and O–H groups in total. The summed E-state index contributed by atoms with van der Waals surface area (Å²) in [6, 6.07) is 18.1. The van der Waals surface area contributed by atoms with E-state index in [1.54, 1.807) is 12.1 Å². The van der Waals surface area contributed by atoms with E-state index >= 15 is 0 Å². The van der Waals surface area contributed by atoms with Crippen molar-refractivity contribution in [2.24, 2.45) is 0 Å². The van der Waals surface area contributed by atoms with E-state index in [4.69, 9.17) is 39.5 Å². The standard InChI is InChI=1S/C36H43Cl3N4O3/c1-8-28(46-29-17-16-23(34(4,5)9-2)18-25(29)35(6,7)10-3)32-36(43(40-32)33(45)22-14-12-11-13-15-22)21-30(44)42(41-36)31-26(38)19-24(37)20-27(31)39/h11-20,28,32,40-41H,8-10,21H2,1-7H3. The van der Waals surface area contributed by atoms with Crippen molar-refractivity contribution in [2.75, 3.05) is 5.01 Å². The molecule has 7 nitrogen and oxygen atoms in total. The van der Waals surface area contributed by atoms with Gasteiger partial charge in [0.15, 0.2) is 5.66 Å². The zero-order valence-corrected chi connectivity index (χ0v) is 29.8. The van der Waals surface area contributed by atoms with Crippen LogP contribution in [-0.4, -0.2) is 34.6 Å². The van der Waals surface area contributed by atoms with Crippen LogP contribution >= 0.6 is 34.8 Å². The van der Waals surface area contributed by atoms with Gasteiger partial charge in [0.2, 0.25) is 5.91 Å². The predicted molar refractivity (Wildman–Crippen MR) is 187 cm³/mol. The van der Waals surface area contributed by atoms with Crippen LogP contribution < -0.4 is 20.6 Å². The quantitative estimate of drug-likeness (QED) is 0.223. The molecule has 10 heteroatoms. The van der Waals surface area contributed by atoms with E-state index < -0.39 is 17.8 Å². The second-order valence-electron chi connectivity index (χ2n) is 13.5. The van der Waals surface area contributed by atoms with Gasteiger partial charge in [-0.2, -0.15) is 5.43 Å². The zero-order chi connectivity index (χ0) is 33.6. The minimum absolute atomic E-state index is 0.0148. The van der Waals surface area contributed by atoms with E-state index in [9.17, 15) is 9.59 Å². The van der Waals surface area contributed by atoms with E-state index in [0.717, 1.165) is 24.2 Å². The fraction of sp³-hybridized carbons (Fsp3) is 0.444. The molecule has 1 spiro atoms. The number of carbonyl (C=O) groups is 2. The minimum atomic E-state index is -1.17. The van der Waals surface area contributed by atoms with Crippen molar-refractivity contribution in [1.82, 2.24) is 15.9 Å². The van der Waals surface area contributed by atoms with Gasteiger partial charge in [0.25, 0.3) is 5.91 Å². The van der Waals surface area contributed by atoms with Crippen LogP contribution in [0.25, 0.3) is 0 Å². The van der Waals surface area contributed by atoms with E-state index in [-0.39, 0.29) is 44.8 Å². The van der Waals surface area contributed by atoms with Gasteiger partial charge in [0.1, 0.15) is 17.9 Å². The maximum atomic E-state index is 13.9. The molecule has 2 fully saturated rings. The SMILES string of the molecule is CCC(Oc1ccc(C(C)(C)CC)cc1C(C)(C)CC)C1NN(C(=O)c2ccccc2)C12CC(=O)N(c1c(Cl)cc(Cl)cc1Cl)N2. The summed E-state index contributed by atoms with van der Waals surface area (Å²) in [5, 5.41) is 3.61. The van der Waals surface area contributed by atoms with Crippen molar-refractivity contribution in [3.8, 4) is 5.75 Å². The molecule has 2 heterocycles. The Morgan fingerprint density at radius 1 is 0.957 bits per heavy atom. The highest BCUT2D eigenvalue weighted by Crippen LogP contribution is 2.45. The van der Waals surface area contributed by atoms with Crippen molar-refractivity contribution in [3.05, 3.63) is 92.4 Å². The van der Waals surface area contributed by atoms with E-state index in [1.165, 1.54) is 27.7 Å². The van der Waals surface area contributed by atoms with Crippen LogP contribution in [0.15, 0.2) is 60.7 Å². The molecule has 3 atom stereocenters. The van der Waals surface area contributed by atoms with Crippen LogP contribution in [0.5, 0.6) is 5.75 Å². The first-order valence-electron chi connectivity index (χ1n) is 15.9. The Hall–Kier alpha value is -2.81. The highest BCUT2D eigenvalue weighted by molar-refractivity contribution is 6.42. The number of carbonyl (C=O) groups excluding carboxylic acids is 2. The van der Waals surface area contributed by atoms with Crippen molar-refractivity contribution in [2.45, 2.75) is 103 Å². The Balaban J connectivity index is 1.55.